The Balaban J connectivity index is 1.54. The molecule has 0 aliphatic heterocycles. The lowest BCUT2D eigenvalue weighted by atomic mass is 10.1. The van der Waals surface area contributed by atoms with Gasteiger partial charge in [0.2, 0.25) is 0 Å². The largest absolute Gasteiger partial charge is 0.329 e. The molecule has 3 aromatic carbocycles. The molecule has 2 amide bonds. The summed E-state index contributed by atoms with van der Waals surface area (Å²) in [5, 5.41) is 11.7. The molecule has 0 bridgehead atoms. The molecule has 1 aromatic heterocycles. The van der Waals surface area contributed by atoms with Gasteiger partial charge in [0, 0.05) is 22.3 Å². The van der Waals surface area contributed by atoms with Crippen LogP contribution in [0.15, 0.2) is 84.1 Å². The smallest absolute Gasteiger partial charge is 0.316 e. The van der Waals surface area contributed by atoms with E-state index in [0.29, 0.717) is 16.3 Å². The molecule has 0 saturated heterocycles. The van der Waals surface area contributed by atoms with Gasteiger partial charge in [-0.2, -0.15) is 10.2 Å². The van der Waals surface area contributed by atoms with Gasteiger partial charge in [0.15, 0.2) is 0 Å². The number of halogens is 2. The summed E-state index contributed by atoms with van der Waals surface area (Å²) >= 11 is 11.9. The lowest BCUT2D eigenvalue weighted by Crippen LogP contribution is -2.32. The molecule has 0 radical (unpaired) electrons. The number of benzene rings is 3. The molecule has 9 heteroatoms. The Hall–Kier alpha value is -3.94. The summed E-state index contributed by atoms with van der Waals surface area (Å²) in [7, 11) is 0. The van der Waals surface area contributed by atoms with Crippen LogP contribution in [0, 0.1) is 6.92 Å². The van der Waals surface area contributed by atoms with E-state index in [1.807, 2.05) is 61.5 Å². The first-order chi connectivity index (χ1) is 16.4. The number of carbonyl (C=O) groups excluding carboxylic acids is 2. The van der Waals surface area contributed by atoms with Crippen LogP contribution in [0.1, 0.15) is 11.1 Å². The van der Waals surface area contributed by atoms with E-state index in [9.17, 15) is 9.59 Å². The Morgan fingerprint density at radius 3 is 2.53 bits per heavy atom. The zero-order valence-corrected chi connectivity index (χ0v) is 19.5. The van der Waals surface area contributed by atoms with Crippen LogP contribution in [0.3, 0.4) is 0 Å². The van der Waals surface area contributed by atoms with Gasteiger partial charge in [-0.3, -0.25) is 9.59 Å². The number of amides is 2. The van der Waals surface area contributed by atoms with E-state index >= 15 is 0 Å². The number of rotatable bonds is 5. The van der Waals surface area contributed by atoms with Crippen LogP contribution in [0.5, 0.6) is 0 Å². The lowest BCUT2D eigenvalue weighted by Gasteiger charge is -2.06. The third kappa shape index (κ3) is 5.51. The van der Waals surface area contributed by atoms with Gasteiger partial charge < -0.3 is 5.32 Å². The second-order valence-corrected chi connectivity index (χ2v) is 8.20. The highest BCUT2D eigenvalue weighted by Gasteiger charge is 2.16. The van der Waals surface area contributed by atoms with Crippen molar-refractivity contribution in [1.29, 1.82) is 0 Å². The number of nitrogens with zero attached hydrogens (tertiary/aromatic N) is 3. The Labute approximate surface area is 206 Å². The van der Waals surface area contributed by atoms with Crippen LogP contribution in [0.25, 0.3) is 16.9 Å². The van der Waals surface area contributed by atoms with E-state index in [1.165, 1.54) is 18.3 Å². The molecular weight excluding hydrogens is 473 g/mol. The fourth-order valence-corrected chi connectivity index (χ4v) is 3.53. The summed E-state index contributed by atoms with van der Waals surface area (Å²) in [4.78, 5) is 24.4. The number of nitrogens with one attached hydrogen (secondary N) is 2. The summed E-state index contributed by atoms with van der Waals surface area (Å²) in [6.45, 7) is 2.00. The molecule has 0 atom stereocenters. The van der Waals surface area contributed by atoms with Crippen molar-refractivity contribution in [2.45, 2.75) is 6.92 Å². The monoisotopic (exact) mass is 491 g/mol. The first-order valence-electron chi connectivity index (χ1n) is 10.2. The maximum Gasteiger partial charge on any atom is 0.329 e. The molecule has 1 heterocycles. The maximum absolute atomic E-state index is 12.2. The second kappa shape index (κ2) is 10.3. The number of carbonyl (C=O) groups is 2. The highest BCUT2D eigenvalue weighted by atomic mass is 35.5. The van der Waals surface area contributed by atoms with Gasteiger partial charge in [-0.1, -0.05) is 65.2 Å². The molecule has 0 saturated carbocycles. The van der Waals surface area contributed by atoms with Gasteiger partial charge in [0.05, 0.1) is 22.6 Å². The Kier molecular flexibility index (Phi) is 7.06. The number of hydrogen-bond donors (Lipinski definition) is 2. The molecular formula is C25H19Cl2N5O2. The molecule has 4 aromatic rings. The van der Waals surface area contributed by atoms with Crippen molar-refractivity contribution < 1.29 is 9.59 Å². The minimum atomic E-state index is -0.958. The van der Waals surface area contributed by atoms with Crippen LogP contribution in [0.2, 0.25) is 10.0 Å². The average Bonchev–Trinajstić information content (AvgIpc) is 3.26. The number of hydrogen-bond acceptors (Lipinski definition) is 4. The SMILES string of the molecule is Cc1cccc(-c2nn(-c3ccccc3)cc2/C=N\NC(=O)C(=O)Nc2cc(Cl)ccc2Cl)c1. The fourth-order valence-electron chi connectivity index (χ4n) is 3.20. The van der Waals surface area contributed by atoms with Crippen LogP contribution >= 0.6 is 23.2 Å². The zero-order valence-electron chi connectivity index (χ0n) is 18.0. The van der Waals surface area contributed by atoms with E-state index in [0.717, 1.165) is 16.8 Å². The van der Waals surface area contributed by atoms with E-state index in [4.69, 9.17) is 28.3 Å². The van der Waals surface area contributed by atoms with Gasteiger partial charge >= 0.3 is 11.8 Å². The molecule has 2 N–H and O–H groups in total. The van der Waals surface area contributed by atoms with Crippen LogP contribution in [-0.4, -0.2) is 27.8 Å². The first-order valence-corrected chi connectivity index (χ1v) is 11.0. The Morgan fingerprint density at radius 1 is 0.971 bits per heavy atom. The van der Waals surface area contributed by atoms with Crippen LogP contribution in [0.4, 0.5) is 5.69 Å². The molecule has 0 aliphatic rings. The summed E-state index contributed by atoms with van der Waals surface area (Å²) < 4.78 is 1.73. The van der Waals surface area contributed by atoms with Crippen molar-refractivity contribution in [3.05, 3.63) is 100 Å². The van der Waals surface area contributed by atoms with Gasteiger partial charge in [-0.25, -0.2) is 10.1 Å². The molecule has 0 unspecified atom stereocenters. The molecule has 4 rings (SSSR count). The summed E-state index contributed by atoms with van der Waals surface area (Å²) in [6.07, 6.45) is 3.25. The Morgan fingerprint density at radius 2 is 1.76 bits per heavy atom. The third-order valence-electron chi connectivity index (χ3n) is 4.81. The summed E-state index contributed by atoms with van der Waals surface area (Å²) in [6, 6.07) is 22.1. The van der Waals surface area contributed by atoms with Gasteiger partial charge in [-0.05, 0) is 43.3 Å². The predicted octanol–water partition coefficient (Wildman–Crippen LogP) is 5.24. The van der Waals surface area contributed by atoms with E-state index in [2.05, 4.69) is 15.8 Å². The second-order valence-electron chi connectivity index (χ2n) is 7.36. The van der Waals surface area contributed by atoms with Gasteiger partial charge in [0.1, 0.15) is 5.69 Å². The number of aromatic nitrogens is 2. The highest BCUT2D eigenvalue weighted by molar-refractivity contribution is 6.42. The van der Waals surface area contributed by atoms with Crippen LogP contribution < -0.4 is 10.7 Å². The topological polar surface area (TPSA) is 88.4 Å². The normalized spacial score (nSPS) is 10.9. The molecule has 34 heavy (non-hydrogen) atoms. The van der Waals surface area contributed by atoms with Crippen molar-refractivity contribution in [2.24, 2.45) is 5.10 Å². The average molecular weight is 492 g/mol. The van der Waals surface area contributed by atoms with E-state index < -0.39 is 11.8 Å². The number of aryl methyl sites for hydroxylation is 1. The maximum atomic E-state index is 12.2. The lowest BCUT2D eigenvalue weighted by molar-refractivity contribution is -0.136. The predicted molar refractivity (Wildman–Crippen MR) is 135 cm³/mol. The minimum Gasteiger partial charge on any atom is -0.316 e. The van der Waals surface area contributed by atoms with Gasteiger partial charge in [0.25, 0.3) is 0 Å². The molecule has 0 fully saturated rings. The first kappa shape index (κ1) is 23.2. The molecule has 170 valence electrons. The van der Waals surface area contributed by atoms with Gasteiger partial charge in [-0.15, -0.1) is 0 Å². The summed E-state index contributed by atoms with van der Waals surface area (Å²) in [5.74, 6) is -1.89. The van der Waals surface area contributed by atoms with Crippen molar-refractivity contribution >= 4 is 46.9 Å². The minimum absolute atomic E-state index is 0.226. The number of hydrazone groups is 1. The zero-order chi connectivity index (χ0) is 24.1. The number of anilines is 1. The quantitative estimate of drug-likeness (QED) is 0.227. The molecule has 0 aliphatic carbocycles. The van der Waals surface area contributed by atoms with Crippen molar-refractivity contribution in [1.82, 2.24) is 15.2 Å². The summed E-state index contributed by atoms with van der Waals surface area (Å²) in [5.41, 5.74) is 6.65. The highest BCUT2D eigenvalue weighted by Crippen LogP contribution is 2.25. The van der Waals surface area contributed by atoms with E-state index in [-0.39, 0.29) is 10.7 Å². The number of para-hydroxylation sites is 1. The third-order valence-corrected chi connectivity index (χ3v) is 5.37. The fraction of sp³-hybridized carbons (Fsp3) is 0.0400. The van der Waals surface area contributed by atoms with E-state index in [1.54, 1.807) is 16.9 Å². The molecule has 7 nitrogen and oxygen atoms in total. The standard InChI is InChI=1S/C25H19Cl2N5O2/c1-16-6-5-7-17(12-16)23-18(15-32(31-23)20-8-3-2-4-9-20)14-28-30-25(34)24(33)29-22-13-19(26)10-11-21(22)27/h2-15H,1H3,(H,29,33)(H,30,34)/b28-14-. The van der Waals surface area contributed by atoms with Crippen molar-refractivity contribution in [2.75, 3.05) is 5.32 Å². The molecule has 0 spiro atoms. The van der Waals surface area contributed by atoms with Crippen molar-refractivity contribution in [3.8, 4) is 16.9 Å². The van der Waals surface area contributed by atoms with Crippen molar-refractivity contribution in [3.63, 3.8) is 0 Å². The Bertz CT molecular complexity index is 1380. The van der Waals surface area contributed by atoms with Crippen LogP contribution in [-0.2, 0) is 9.59 Å².